The van der Waals surface area contributed by atoms with Crippen LogP contribution in [0.5, 0.6) is 5.75 Å². The SMILES string of the molecule is CCCCC[C@H](O)CC[C@@H]1[C@H]2Cc3cccc(OCC(=O)OC)c3C[C@H]2C[C@H]1OC(=O)OCCN(C)C. The maximum Gasteiger partial charge on any atom is 0.508 e. The highest BCUT2D eigenvalue weighted by Crippen LogP contribution is 2.49. The second-order valence-corrected chi connectivity index (χ2v) is 10.8. The van der Waals surface area contributed by atoms with Gasteiger partial charge in [-0.2, -0.15) is 0 Å². The van der Waals surface area contributed by atoms with Crippen molar-refractivity contribution < 1.29 is 33.6 Å². The van der Waals surface area contributed by atoms with E-state index in [0.717, 1.165) is 62.7 Å². The molecule has 0 radical (unpaired) electrons. The van der Waals surface area contributed by atoms with Crippen LogP contribution in [0, 0.1) is 17.8 Å². The van der Waals surface area contributed by atoms with E-state index < -0.39 is 12.1 Å². The first-order valence-electron chi connectivity index (χ1n) is 13.8. The smallest absolute Gasteiger partial charge is 0.482 e. The van der Waals surface area contributed by atoms with E-state index in [1.165, 1.54) is 12.7 Å². The normalized spacial score (nSPS) is 23.2. The van der Waals surface area contributed by atoms with Crippen molar-refractivity contribution in [3.63, 3.8) is 0 Å². The number of benzene rings is 1. The lowest BCUT2D eigenvalue weighted by Crippen LogP contribution is -2.30. The number of methoxy groups -OCH3 is 1. The summed E-state index contributed by atoms with van der Waals surface area (Å²) in [7, 11) is 5.21. The average molecular weight is 520 g/mol. The second kappa shape index (κ2) is 14.6. The lowest BCUT2D eigenvalue weighted by atomic mass is 9.73. The van der Waals surface area contributed by atoms with Gasteiger partial charge in [0.25, 0.3) is 0 Å². The summed E-state index contributed by atoms with van der Waals surface area (Å²) >= 11 is 0. The highest BCUT2D eigenvalue weighted by molar-refractivity contribution is 5.71. The van der Waals surface area contributed by atoms with E-state index in [2.05, 4.69) is 13.0 Å². The number of nitrogens with zero attached hydrogens (tertiary/aromatic N) is 1. The Morgan fingerprint density at radius 2 is 1.97 bits per heavy atom. The fourth-order valence-electron chi connectivity index (χ4n) is 5.87. The Kier molecular flexibility index (Phi) is 11.5. The number of likely N-dealkylation sites (N-methyl/N-ethyl adjacent to an activating group) is 1. The van der Waals surface area contributed by atoms with Gasteiger partial charge in [0, 0.05) is 6.54 Å². The summed E-state index contributed by atoms with van der Waals surface area (Å²) < 4.78 is 21.8. The molecule has 8 heteroatoms. The van der Waals surface area contributed by atoms with Gasteiger partial charge in [-0.3, -0.25) is 0 Å². The summed E-state index contributed by atoms with van der Waals surface area (Å²) in [6, 6.07) is 5.98. The number of fused-ring (bicyclic) bond motifs is 2. The minimum absolute atomic E-state index is 0.121. The number of aliphatic hydroxyl groups is 1. The monoisotopic (exact) mass is 519 g/mol. The third-order valence-corrected chi connectivity index (χ3v) is 7.87. The zero-order valence-corrected chi connectivity index (χ0v) is 22.9. The molecule has 2 aliphatic carbocycles. The van der Waals surface area contributed by atoms with Crippen molar-refractivity contribution in [1.82, 2.24) is 4.90 Å². The van der Waals surface area contributed by atoms with Gasteiger partial charge in [-0.1, -0.05) is 38.3 Å². The van der Waals surface area contributed by atoms with Crippen LogP contribution in [-0.4, -0.2) is 75.3 Å². The number of hydrogen-bond donors (Lipinski definition) is 1. The second-order valence-electron chi connectivity index (χ2n) is 10.8. The minimum atomic E-state index is -0.612. The van der Waals surface area contributed by atoms with Crippen LogP contribution in [-0.2, 0) is 31.8 Å². The molecule has 3 rings (SSSR count). The summed E-state index contributed by atoms with van der Waals surface area (Å²) in [4.78, 5) is 26.1. The Balaban J connectivity index is 1.70. The zero-order chi connectivity index (χ0) is 26.8. The number of carbonyl (C=O) groups excluding carboxylic acids is 2. The van der Waals surface area contributed by atoms with Crippen LogP contribution in [0.1, 0.15) is 63.0 Å². The van der Waals surface area contributed by atoms with E-state index in [1.807, 2.05) is 31.1 Å². The molecule has 5 atom stereocenters. The van der Waals surface area contributed by atoms with Gasteiger partial charge < -0.3 is 29.0 Å². The summed E-state index contributed by atoms with van der Waals surface area (Å²) in [6.45, 7) is 2.97. The average Bonchev–Trinajstić information content (AvgIpc) is 3.19. The van der Waals surface area contributed by atoms with Crippen molar-refractivity contribution in [1.29, 1.82) is 0 Å². The van der Waals surface area contributed by atoms with Crippen LogP contribution in [0.2, 0.25) is 0 Å². The van der Waals surface area contributed by atoms with Gasteiger partial charge >= 0.3 is 12.1 Å². The van der Waals surface area contributed by atoms with Gasteiger partial charge in [0.05, 0.1) is 13.2 Å². The molecule has 1 aromatic carbocycles. The third-order valence-electron chi connectivity index (χ3n) is 7.87. The lowest BCUT2D eigenvalue weighted by Gasteiger charge is -2.32. The minimum Gasteiger partial charge on any atom is -0.482 e. The lowest BCUT2D eigenvalue weighted by molar-refractivity contribution is -0.142. The first-order valence-corrected chi connectivity index (χ1v) is 13.8. The fraction of sp³-hybridized carbons (Fsp3) is 0.724. The van der Waals surface area contributed by atoms with Crippen LogP contribution in [0.3, 0.4) is 0 Å². The summed E-state index contributed by atoms with van der Waals surface area (Å²) in [5.74, 6) is 1.16. The molecule has 0 amide bonds. The van der Waals surface area contributed by atoms with E-state index >= 15 is 0 Å². The predicted molar refractivity (Wildman–Crippen MR) is 141 cm³/mol. The first-order chi connectivity index (χ1) is 17.8. The largest absolute Gasteiger partial charge is 0.508 e. The molecule has 0 saturated heterocycles. The maximum atomic E-state index is 12.5. The van der Waals surface area contributed by atoms with Crippen molar-refractivity contribution >= 4 is 12.1 Å². The molecule has 0 unspecified atom stereocenters. The molecule has 37 heavy (non-hydrogen) atoms. The van der Waals surface area contributed by atoms with Gasteiger partial charge in [-0.25, -0.2) is 9.59 Å². The molecule has 2 aliphatic rings. The molecule has 1 saturated carbocycles. The molecule has 0 aromatic heterocycles. The summed E-state index contributed by atoms with van der Waals surface area (Å²) in [5.41, 5.74) is 2.34. The quantitative estimate of drug-likeness (QED) is 0.286. The van der Waals surface area contributed by atoms with Crippen LogP contribution in [0.15, 0.2) is 18.2 Å². The highest BCUT2D eigenvalue weighted by atomic mass is 16.7. The van der Waals surface area contributed by atoms with Gasteiger partial charge in [-0.05, 0) is 87.6 Å². The molecule has 8 nitrogen and oxygen atoms in total. The third kappa shape index (κ3) is 8.60. The summed E-state index contributed by atoms with van der Waals surface area (Å²) in [5, 5.41) is 10.6. The molecular weight excluding hydrogens is 474 g/mol. The first kappa shape index (κ1) is 29.2. The van der Waals surface area contributed by atoms with E-state index in [9.17, 15) is 14.7 Å². The fourth-order valence-corrected chi connectivity index (χ4v) is 5.87. The predicted octanol–water partition coefficient (Wildman–Crippen LogP) is 4.39. The molecule has 0 heterocycles. The number of hydrogen-bond acceptors (Lipinski definition) is 8. The van der Waals surface area contributed by atoms with Crippen molar-refractivity contribution in [2.24, 2.45) is 17.8 Å². The van der Waals surface area contributed by atoms with E-state index in [1.54, 1.807) is 0 Å². The van der Waals surface area contributed by atoms with Crippen molar-refractivity contribution in [3.8, 4) is 5.75 Å². The Hall–Kier alpha value is -2.32. The van der Waals surface area contributed by atoms with Gasteiger partial charge in [0.1, 0.15) is 18.5 Å². The number of rotatable bonds is 14. The molecule has 1 fully saturated rings. The van der Waals surface area contributed by atoms with Crippen molar-refractivity contribution in [2.45, 2.75) is 76.9 Å². The number of esters is 1. The molecule has 208 valence electrons. The van der Waals surface area contributed by atoms with E-state index in [0.29, 0.717) is 31.4 Å². The van der Waals surface area contributed by atoms with Gasteiger partial charge in [-0.15, -0.1) is 0 Å². The van der Waals surface area contributed by atoms with Crippen molar-refractivity contribution in [3.05, 3.63) is 29.3 Å². The molecule has 0 aliphatic heterocycles. The zero-order valence-electron chi connectivity index (χ0n) is 22.9. The van der Waals surface area contributed by atoms with Gasteiger partial charge in [0.2, 0.25) is 0 Å². The van der Waals surface area contributed by atoms with Gasteiger partial charge in [0.15, 0.2) is 6.61 Å². The van der Waals surface area contributed by atoms with Crippen LogP contribution in [0.4, 0.5) is 4.79 Å². The number of unbranched alkanes of at least 4 members (excludes halogenated alkanes) is 2. The van der Waals surface area contributed by atoms with E-state index in [-0.39, 0.29) is 24.7 Å². The Morgan fingerprint density at radius 3 is 2.70 bits per heavy atom. The number of carbonyl (C=O) groups is 2. The van der Waals surface area contributed by atoms with Crippen LogP contribution < -0.4 is 4.74 Å². The molecule has 1 aromatic rings. The number of ether oxygens (including phenoxy) is 4. The van der Waals surface area contributed by atoms with Crippen molar-refractivity contribution in [2.75, 3.05) is 41.0 Å². The Morgan fingerprint density at radius 1 is 1.16 bits per heavy atom. The van der Waals surface area contributed by atoms with Crippen LogP contribution >= 0.6 is 0 Å². The molecule has 0 spiro atoms. The Labute approximate surface area is 221 Å². The molecule has 0 bridgehead atoms. The Bertz CT molecular complexity index is 874. The van der Waals surface area contributed by atoms with Crippen LogP contribution in [0.25, 0.3) is 0 Å². The summed E-state index contributed by atoms with van der Waals surface area (Å²) in [6.07, 6.45) is 6.90. The maximum absolute atomic E-state index is 12.5. The topological polar surface area (TPSA) is 94.5 Å². The highest BCUT2D eigenvalue weighted by Gasteiger charge is 2.47. The number of aliphatic hydroxyl groups excluding tert-OH is 1. The molecular formula is C29H45NO7. The molecule has 1 N–H and O–H groups in total. The van der Waals surface area contributed by atoms with E-state index in [4.69, 9.17) is 18.9 Å². The standard InChI is InChI=1S/C29H45NO7/c1-5-6-7-10-22(31)12-13-23-24-16-20-9-8-11-26(36-19-28(32)34-4)25(20)17-21(24)18-27(23)37-29(33)35-15-14-30(2)3/h8-9,11,21-24,27,31H,5-7,10,12-19H2,1-4H3/t21-,22-,23+,24-,27+/m0/s1.